The highest BCUT2D eigenvalue weighted by Gasteiger charge is 2.51. The highest BCUT2D eigenvalue weighted by atomic mass is 35.7. The molecule has 0 bridgehead atoms. The van der Waals surface area contributed by atoms with Crippen LogP contribution in [0.5, 0.6) is 5.75 Å². The summed E-state index contributed by atoms with van der Waals surface area (Å²) in [7, 11) is -1.12. The smallest absolute Gasteiger partial charge is 0.311 e. The molecular formula is C65H68ClF2NO17S2. The first-order chi connectivity index (χ1) is 42.3. The number of aliphatic hydroxyl groups is 5. The molecule has 88 heavy (non-hydrogen) atoms. The summed E-state index contributed by atoms with van der Waals surface area (Å²) in [6.07, 6.45) is -12.1. The van der Waals surface area contributed by atoms with E-state index in [1.54, 1.807) is 17.0 Å². The molecule has 13 atom stereocenters. The molecule has 3 aliphatic heterocycles. The number of amides is 1. The molecule has 23 heteroatoms. The van der Waals surface area contributed by atoms with Crippen LogP contribution in [0, 0.1) is 17.6 Å². The van der Waals surface area contributed by atoms with Crippen LogP contribution in [0.3, 0.4) is 0 Å². The van der Waals surface area contributed by atoms with Gasteiger partial charge in [-0.25, -0.2) is 17.2 Å². The van der Waals surface area contributed by atoms with Crippen molar-refractivity contribution in [3.05, 3.63) is 228 Å². The standard InChI is InChI=1S/C37H37F2NO10S.C28H31ClO7S/c38-25-9-5-23(6-10-25)30(42)18-17-29-33(40(37(29)46)27-13-11-26(39)12-14-27)24-3-1-21(2-4-24)22-7-15-28(16-8-22)50-51(47,48)20-32-35(44)36(45)34(43)31(19-41)49-32;1-32-28-27(35-19-23-15-9-4-10-16-23)26(34-18-22-13-7-3-8-14-22)25(24(36-28)20-37(29,30)31)33-17-21-11-5-2-6-12-21/h1-16,29-36,41-45H,17-20H2;2-16,24-28H,17-20H2,1H3/t29-,30+,31-,32?,33-,34-,35+,36+;24-,25?,26-,27-,28?/m10/s1. The predicted octanol–water partition coefficient (Wildman–Crippen LogP) is 8.08. The Kier molecular flexibility index (Phi) is 22.7. The van der Waals surface area contributed by atoms with E-state index in [2.05, 4.69) is 0 Å². The normalized spacial score (nSPS) is 25.0. The number of hydrogen-bond acceptors (Lipinski definition) is 17. The Balaban J connectivity index is 0.000000221. The number of nitrogens with zero attached hydrogens (tertiary/aromatic N) is 1. The van der Waals surface area contributed by atoms with Crippen molar-refractivity contribution in [2.75, 3.05) is 30.1 Å². The average Bonchev–Trinajstić information content (AvgIpc) is 0.844. The largest absolute Gasteiger partial charge is 0.394 e. The Hall–Kier alpha value is -6.58. The lowest BCUT2D eigenvalue weighted by molar-refractivity contribution is -0.313. The van der Waals surface area contributed by atoms with Gasteiger partial charge in [-0.3, -0.25) is 4.79 Å². The molecule has 0 aliphatic carbocycles. The van der Waals surface area contributed by atoms with Crippen molar-refractivity contribution in [2.45, 2.75) is 106 Å². The number of hydrogen-bond donors (Lipinski definition) is 5. The minimum atomic E-state index is -4.34. The van der Waals surface area contributed by atoms with Gasteiger partial charge in [0.25, 0.3) is 0 Å². The van der Waals surface area contributed by atoms with Crippen LogP contribution in [0.25, 0.3) is 11.1 Å². The van der Waals surface area contributed by atoms with E-state index in [9.17, 15) is 55.9 Å². The molecule has 0 saturated carbocycles. The van der Waals surface area contributed by atoms with Crippen LogP contribution in [0.15, 0.2) is 188 Å². The Morgan fingerprint density at radius 1 is 0.580 bits per heavy atom. The summed E-state index contributed by atoms with van der Waals surface area (Å²) in [5.41, 5.74) is 6.22. The van der Waals surface area contributed by atoms with E-state index < -0.39 is 128 Å². The molecule has 7 aromatic carbocycles. The van der Waals surface area contributed by atoms with Gasteiger partial charge in [-0.05, 0) is 100 Å². The second-order valence-electron chi connectivity index (χ2n) is 21.5. The van der Waals surface area contributed by atoms with E-state index in [1.807, 2.05) is 115 Å². The molecule has 3 heterocycles. The predicted molar refractivity (Wildman–Crippen MR) is 321 cm³/mol. The third kappa shape index (κ3) is 17.2. The Morgan fingerprint density at radius 3 is 1.58 bits per heavy atom. The van der Waals surface area contributed by atoms with Crippen molar-refractivity contribution >= 4 is 41.4 Å². The Morgan fingerprint density at radius 2 is 1.07 bits per heavy atom. The average molecular weight is 1270 g/mol. The zero-order valence-corrected chi connectivity index (χ0v) is 50.0. The summed E-state index contributed by atoms with van der Waals surface area (Å²) >= 11 is 0. The van der Waals surface area contributed by atoms with E-state index in [0.29, 0.717) is 17.7 Å². The number of carbonyl (C=O) groups excluding carboxylic acids is 1. The van der Waals surface area contributed by atoms with E-state index >= 15 is 0 Å². The van der Waals surface area contributed by atoms with Crippen LogP contribution < -0.4 is 9.08 Å². The number of benzene rings is 7. The van der Waals surface area contributed by atoms with E-state index in [-0.39, 0.29) is 37.9 Å². The lowest BCUT2D eigenvalue weighted by Gasteiger charge is -2.48. The zero-order valence-electron chi connectivity index (χ0n) is 47.6. The molecule has 468 valence electrons. The van der Waals surface area contributed by atoms with E-state index in [1.165, 1.54) is 67.8 Å². The maximum Gasteiger partial charge on any atom is 0.311 e. The Labute approximate surface area is 513 Å². The first-order valence-corrected chi connectivity index (χ1v) is 32.4. The fraction of sp³-hybridized carbons (Fsp3) is 0.338. The van der Waals surface area contributed by atoms with Crippen LogP contribution in [-0.2, 0) is 72.2 Å². The molecule has 10 rings (SSSR count). The molecule has 3 unspecified atom stereocenters. The number of halogens is 3. The van der Waals surface area contributed by atoms with Gasteiger partial charge in [0, 0.05) is 23.5 Å². The second kappa shape index (κ2) is 30.3. The van der Waals surface area contributed by atoms with Gasteiger partial charge in [-0.1, -0.05) is 140 Å². The van der Waals surface area contributed by atoms with Crippen molar-refractivity contribution in [1.82, 2.24) is 0 Å². The molecule has 7 aromatic rings. The summed E-state index contributed by atoms with van der Waals surface area (Å²) in [6, 6.07) is 53.3. The summed E-state index contributed by atoms with van der Waals surface area (Å²) in [5, 5.41) is 50.2. The SMILES string of the molecule is COC1O[C@@H](CS(=O)(=O)Cl)C(OCc2ccccc2)[C@H](OCc2ccccc2)[C@@H]1OCc1ccccc1.O=C1[C@H](CC[C@H](O)c2ccc(F)cc2)[C@@H](c2ccc(-c3ccc(OS(=O)(=O)CC4O[C@H](CO)[C@@H](O)[C@H](O)[C@H]4O)cc3)cc2)N1c1ccc(F)cc1. The van der Waals surface area contributed by atoms with Crippen molar-refractivity contribution in [3.8, 4) is 16.9 Å². The molecule has 3 aliphatic rings. The van der Waals surface area contributed by atoms with Crippen LogP contribution in [0.4, 0.5) is 14.5 Å². The van der Waals surface area contributed by atoms with Crippen molar-refractivity contribution in [2.24, 2.45) is 5.92 Å². The molecule has 0 spiro atoms. The minimum Gasteiger partial charge on any atom is -0.394 e. The topological polar surface area (TPSA) is 254 Å². The fourth-order valence-corrected chi connectivity index (χ4v) is 13.0. The summed E-state index contributed by atoms with van der Waals surface area (Å²) in [6.45, 7) is 0.0735. The first-order valence-electron chi connectivity index (χ1n) is 28.3. The van der Waals surface area contributed by atoms with Gasteiger partial charge in [-0.15, -0.1) is 0 Å². The molecule has 3 saturated heterocycles. The molecular weight excluding hydrogens is 1200 g/mol. The number of anilines is 1. The van der Waals surface area contributed by atoms with Crippen LogP contribution in [0.2, 0.25) is 0 Å². The monoisotopic (exact) mass is 1270 g/mol. The number of aliphatic hydroxyl groups excluding tert-OH is 5. The van der Waals surface area contributed by atoms with Gasteiger partial charge >= 0.3 is 10.1 Å². The van der Waals surface area contributed by atoms with Crippen molar-refractivity contribution < 1.29 is 88.5 Å². The fourth-order valence-electron chi connectivity index (χ4n) is 10.8. The second-order valence-corrected chi connectivity index (χ2v) is 25.9. The molecule has 1 amide bonds. The molecule has 5 N–H and O–H groups in total. The van der Waals surface area contributed by atoms with Crippen LogP contribution >= 0.6 is 10.7 Å². The zero-order chi connectivity index (χ0) is 62.5. The van der Waals surface area contributed by atoms with Crippen molar-refractivity contribution in [3.63, 3.8) is 0 Å². The van der Waals surface area contributed by atoms with Gasteiger partial charge in [0.1, 0.15) is 78.1 Å². The van der Waals surface area contributed by atoms with E-state index in [0.717, 1.165) is 33.4 Å². The molecule has 3 fully saturated rings. The van der Waals surface area contributed by atoms with Gasteiger partial charge in [0.2, 0.25) is 15.0 Å². The van der Waals surface area contributed by atoms with Gasteiger partial charge in [0.15, 0.2) is 6.29 Å². The maximum atomic E-state index is 13.7. The van der Waals surface area contributed by atoms with Crippen LogP contribution in [-0.4, -0.2) is 135 Å². The summed E-state index contributed by atoms with van der Waals surface area (Å²) in [5.74, 6) is -2.83. The summed E-state index contributed by atoms with van der Waals surface area (Å²) in [4.78, 5) is 15.0. The lowest BCUT2D eigenvalue weighted by Crippen LogP contribution is -2.61. The quantitative estimate of drug-likeness (QED) is 0.0218. The van der Waals surface area contributed by atoms with Crippen LogP contribution in [0.1, 0.15) is 52.8 Å². The number of β-lactam (4-membered cyclic amide) rings is 1. The van der Waals surface area contributed by atoms with Gasteiger partial charge in [0.05, 0.1) is 50.2 Å². The summed E-state index contributed by atoms with van der Waals surface area (Å²) < 4.78 is 118. The molecule has 0 aromatic heterocycles. The highest BCUT2D eigenvalue weighted by Crippen LogP contribution is 2.47. The molecule has 18 nitrogen and oxygen atoms in total. The number of ether oxygens (including phenoxy) is 6. The number of methoxy groups -OCH3 is 1. The Bertz CT molecular complexity index is 3550. The van der Waals surface area contributed by atoms with Gasteiger partial charge < -0.3 is 63.0 Å². The van der Waals surface area contributed by atoms with Gasteiger partial charge in [-0.2, -0.15) is 8.42 Å². The third-order valence-electron chi connectivity index (χ3n) is 15.4. The minimum absolute atomic E-state index is 0.0199. The lowest BCUT2D eigenvalue weighted by atomic mass is 9.78. The maximum absolute atomic E-state index is 13.7. The van der Waals surface area contributed by atoms with Crippen molar-refractivity contribution in [1.29, 1.82) is 0 Å². The van der Waals surface area contributed by atoms with E-state index in [4.69, 9.17) is 43.3 Å². The third-order valence-corrected chi connectivity index (χ3v) is 17.7. The number of carbonyl (C=O) groups is 1. The number of rotatable bonds is 24. The highest BCUT2D eigenvalue weighted by molar-refractivity contribution is 8.13. The molecule has 0 radical (unpaired) electrons. The first kappa shape index (κ1) is 65.9.